The van der Waals surface area contributed by atoms with E-state index in [0.717, 1.165) is 28.6 Å². The van der Waals surface area contributed by atoms with E-state index in [1.807, 2.05) is 16.7 Å². The van der Waals surface area contributed by atoms with Crippen LogP contribution < -0.4 is 20.9 Å². The SMILES string of the molecule is C[C@H](OC(=O)[C@@H](N)CCC(=O)O)C(=O)N1CCC(CCn2c(Sc3cc4c(cc3Br)OCO4)nc3c(N)ncnc32)CC1. The van der Waals surface area contributed by atoms with Gasteiger partial charge in [-0.05, 0) is 66.6 Å². The maximum Gasteiger partial charge on any atom is 0.323 e. The molecule has 2 atom stereocenters. The smallest absolute Gasteiger partial charge is 0.323 e. The Hall–Kier alpha value is -3.63. The summed E-state index contributed by atoms with van der Waals surface area (Å²) in [6.07, 6.45) is 2.51. The minimum absolute atomic E-state index is 0.0561. The molecular formula is C27H32BrN7O7S. The number of aromatic nitrogens is 4. The topological polar surface area (TPSA) is 198 Å². The fourth-order valence-electron chi connectivity index (χ4n) is 5.01. The van der Waals surface area contributed by atoms with E-state index in [2.05, 4.69) is 25.9 Å². The first-order chi connectivity index (χ1) is 20.6. The van der Waals surface area contributed by atoms with Gasteiger partial charge in [-0.25, -0.2) is 15.0 Å². The van der Waals surface area contributed by atoms with Gasteiger partial charge in [0.2, 0.25) is 6.79 Å². The molecule has 4 heterocycles. The number of amides is 1. The number of piperidine rings is 1. The fourth-order valence-corrected chi connectivity index (χ4v) is 6.52. The summed E-state index contributed by atoms with van der Waals surface area (Å²) in [7, 11) is 0. The second-order valence-corrected chi connectivity index (χ2v) is 12.3. The number of carboxylic acids is 1. The first-order valence-electron chi connectivity index (χ1n) is 13.8. The molecule has 5 N–H and O–H groups in total. The molecule has 1 aromatic carbocycles. The van der Waals surface area contributed by atoms with Crippen LogP contribution in [0.25, 0.3) is 11.2 Å². The summed E-state index contributed by atoms with van der Waals surface area (Å²) in [5, 5.41) is 9.49. The normalized spacial score (nSPS) is 16.3. The van der Waals surface area contributed by atoms with Crippen molar-refractivity contribution in [2.24, 2.45) is 11.7 Å². The number of hydrogen-bond donors (Lipinski definition) is 3. The average Bonchev–Trinajstić information content (AvgIpc) is 3.59. The third-order valence-electron chi connectivity index (χ3n) is 7.45. The highest BCUT2D eigenvalue weighted by Crippen LogP contribution is 2.43. The summed E-state index contributed by atoms with van der Waals surface area (Å²) in [6.45, 7) is 3.38. The van der Waals surface area contributed by atoms with Crippen LogP contribution in [0.3, 0.4) is 0 Å². The Morgan fingerprint density at radius 1 is 1.21 bits per heavy atom. The molecule has 16 heteroatoms. The molecule has 2 aliphatic heterocycles. The summed E-state index contributed by atoms with van der Waals surface area (Å²) in [4.78, 5) is 51.7. The Morgan fingerprint density at radius 2 is 1.93 bits per heavy atom. The number of ether oxygens (including phenoxy) is 3. The maximum atomic E-state index is 12.9. The third-order valence-corrected chi connectivity index (χ3v) is 9.42. The average molecular weight is 679 g/mol. The molecule has 1 saturated heterocycles. The Bertz CT molecular complexity index is 1530. The number of rotatable bonds is 11. The van der Waals surface area contributed by atoms with Crippen LogP contribution in [0.15, 0.2) is 33.0 Å². The number of esters is 1. The second-order valence-electron chi connectivity index (χ2n) is 10.4. The predicted octanol–water partition coefficient (Wildman–Crippen LogP) is 2.80. The van der Waals surface area contributed by atoms with Gasteiger partial charge in [0, 0.05) is 35.4 Å². The molecule has 1 fully saturated rings. The standard InChI is InChI=1S/C27H32BrN7O7S/c1-14(42-26(39)17(29)2-3-21(36)37)25(38)34-7-4-15(5-8-34)6-9-35-24-22(23(30)31-12-32-24)33-27(35)43-20-11-19-18(10-16(20)28)40-13-41-19/h10-12,14-15,17H,2-9,13,29H2,1H3,(H,36,37)(H2,30,31,32)/t14-,17-/m0/s1. The first kappa shape index (κ1) is 30.8. The number of nitrogen functional groups attached to an aromatic ring is 1. The van der Waals surface area contributed by atoms with E-state index in [4.69, 9.17) is 35.8 Å². The molecule has 5 rings (SSSR count). The zero-order valence-electron chi connectivity index (χ0n) is 23.4. The van der Waals surface area contributed by atoms with Crippen molar-refractivity contribution in [3.8, 4) is 11.5 Å². The summed E-state index contributed by atoms with van der Waals surface area (Å²) in [6, 6.07) is 2.69. The van der Waals surface area contributed by atoms with E-state index in [9.17, 15) is 14.4 Å². The number of fused-ring (bicyclic) bond motifs is 2. The van der Waals surface area contributed by atoms with E-state index >= 15 is 0 Å². The van der Waals surface area contributed by atoms with Crippen LogP contribution in [0.4, 0.5) is 5.82 Å². The van der Waals surface area contributed by atoms with Crippen LogP contribution in [-0.2, 0) is 25.7 Å². The quantitative estimate of drug-likeness (QED) is 0.251. The van der Waals surface area contributed by atoms with Crippen molar-refractivity contribution in [2.45, 2.75) is 67.8 Å². The lowest BCUT2D eigenvalue weighted by Crippen LogP contribution is -2.46. The molecule has 2 aromatic heterocycles. The summed E-state index contributed by atoms with van der Waals surface area (Å²) >= 11 is 5.08. The Balaban J connectivity index is 1.19. The molecule has 43 heavy (non-hydrogen) atoms. The van der Waals surface area contributed by atoms with Gasteiger partial charge < -0.3 is 40.3 Å². The van der Waals surface area contributed by atoms with Crippen molar-refractivity contribution in [1.29, 1.82) is 0 Å². The Morgan fingerprint density at radius 3 is 2.65 bits per heavy atom. The van der Waals surface area contributed by atoms with Crippen LogP contribution in [0, 0.1) is 5.92 Å². The Labute approximate surface area is 259 Å². The minimum Gasteiger partial charge on any atom is -0.481 e. The molecule has 14 nitrogen and oxygen atoms in total. The number of carbonyl (C=O) groups excluding carboxylic acids is 2. The number of nitrogens with zero attached hydrogens (tertiary/aromatic N) is 5. The van der Waals surface area contributed by atoms with E-state index in [0.29, 0.717) is 59.2 Å². The van der Waals surface area contributed by atoms with Crippen LogP contribution in [0.2, 0.25) is 0 Å². The van der Waals surface area contributed by atoms with Crippen molar-refractivity contribution in [1.82, 2.24) is 24.4 Å². The van der Waals surface area contributed by atoms with Gasteiger partial charge in [0.15, 0.2) is 39.7 Å². The first-order valence-corrected chi connectivity index (χ1v) is 15.4. The highest BCUT2D eigenvalue weighted by molar-refractivity contribution is 9.10. The van der Waals surface area contributed by atoms with Crippen molar-refractivity contribution >= 4 is 62.5 Å². The minimum atomic E-state index is -1.09. The van der Waals surface area contributed by atoms with Crippen molar-refractivity contribution in [3.05, 3.63) is 22.9 Å². The summed E-state index contributed by atoms with van der Waals surface area (Å²) < 4.78 is 19.1. The highest BCUT2D eigenvalue weighted by atomic mass is 79.9. The summed E-state index contributed by atoms with van der Waals surface area (Å²) in [5.41, 5.74) is 13.0. The van der Waals surface area contributed by atoms with Gasteiger partial charge in [0.1, 0.15) is 12.4 Å². The highest BCUT2D eigenvalue weighted by Gasteiger charge is 2.30. The number of carbonyl (C=O) groups is 3. The second kappa shape index (κ2) is 13.3. The number of hydrogen-bond acceptors (Lipinski definition) is 12. The van der Waals surface area contributed by atoms with E-state index < -0.39 is 24.1 Å². The fraction of sp³-hybridized carbons (Fsp3) is 0.481. The predicted molar refractivity (Wildman–Crippen MR) is 158 cm³/mol. The lowest BCUT2D eigenvalue weighted by molar-refractivity contribution is -0.161. The van der Waals surface area contributed by atoms with Gasteiger partial charge in [-0.1, -0.05) is 11.8 Å². The number of halogens is 1. The molecule has 2 aliphatic rings. The monoisotopic (exact) mass is 677 g/mol. The van der Waals surface area contributed by atoms with Gasteiger partial charge in [-0.15, -0.1) is 0 Å². The number of nitrogens with two attached hydrogens (primary N) is 2. The van der Waals surface area contributed by atoms with Crippen LogP contribution in [0.5, 0.6) is 11.5 Å². The number of likely N-dealkylation sites (tertiary alicyclic amines) is 1. The van der Waals surface area contributed by atoms with Crippen LogP contribution in [0.1, 0.15) is 39.0 Å². The van der Waals surface area contributed by atoms with E-state index in [1.54, 1.807) is 4.90 Å². The largest absolute Gasteiger partial charge is 0.481 e. The zero-order chi connectivity index (χ0) is 30.7. The zero-order valence-corrected chi connectivity index (χ0v) is 25.8. The van der Waals surface area contributed by atoms with Gasteiger partial charge in [-0.2, -0.15) is 0 Å². The number of anilines is 1. The van der Waals surface area contributed by atoms with E-state index in [-0.39, 0.29) is 25.5 Å². The number of imidazole rings is 1. The van der Waals surface area contributed by atoms with Gasteiger partial charge in [-0.3, -0.25) is 14.4 Å². The number of aryl methyl sites for hydroxylation is 1. The van der Waals surface area contributed by atoms with Crippen molar-refractivity contribution < 1.29 is 33.7 Å². The lowest BCUT2D eigenvalue weighted by Gasteiger charge is -2.33. The Kier molecular flexibility index (Phi) is 9.56. The molecule has 3 aromatic rings. The van der Waals surface area contributed by atoms with Crippen LogP contribution >= 0.6 is 27.7 Å². The van der Waals surface area contributed by atoms with Gasteiger partial charge in [0.25, 0.3) is 5.91 Å². The molecule has 0 unspecified atom stereocenters. The summed E-state index contributed by atoms with van der Waals surface area (Å²) in [5.74, 6) is -0.136. The molecule has 0 bridgehead atoms. The molecule has 1 amide bonds. The van der Waals surface area contributed by atoms with Crippen molar-refractivity contribution in [3.63, 3.8) is 0 Å². The molecular weight excluding hydrogens is 646 g/mol. The molecule has 0 radical (unpaired) electrons. The number of carboxylic acid groups (broad SMARTS) is 1. The molecule has 230 valence electrons. The maximum absolute atomic E-state index is 12.9. The number of benzene rings is 1. The van der Waals surface area contributed by atoms with Gasteiger partial charge in [0.05, 0.1) is 0 Å². The van der Waals surface area contributed by atoms with E-state index in [1.165, 1.54) is 25.0 Å². The van der Waals surface area contributed by atoms with Crippen LogP contribution in [-0.4, -0.2) is 79.4 Å². The molecule has 0 saturated carbocycles. The van der Waals surface area contributed by atoms with Gasteiger partial charge >= 0.3 is 11.9 Å². The molecule has 0 aliphatic carbocycles. The third kappa shape index (κ3) is 7.13. The lowest BCUT2D eigenvalue weighted by atomic mass is 9.93. The number of aliphatic carboxylic acids is 1. The molecule has 0 spiro atoms. The van der Waals surface area contributed by atoms with Crippen molar-refractivity contribution in [2.75, 3.05) is 25.6 Å².